The lowest BCUT2D eigenvalue weighted by Crippen LogP contribution is -2.32. The highest BCUT2D eigenvalue weighted by molar-refractivity contribution is 5.46. The van der Waals surface area contributed by atoms with E-state index in [2.05, 4.69) is 31.0 Å². The minimum atomic E-state index is -0.187. The Labute approximate surface area is 122 Å². The molecule has 0 radical (unpaired) electrons. The first-order valence-corrected chi connectivity index (χ1v) is 7.46. The third-order valence-corrected chi connectivity index (χ3v) is 3.08. The van der Waals surface area contributed by atoms with Gasteiger partial charge in [-0.05, 0) is 58.0 Å². The number of rotatable bonds is 10. The second-order valence-corrected chi connectivity index (χ2v) is 5.08. The minimum Gasteiger partial charge on any atom is -0.379 e. The fourth-order valence-electron chi connectivity index (χ4n) is 1.98. The van der Waals surface area contributed by atoms with Crippen molar-refractivity contribution in [3.8, 4) is 0 Å². The van der Waals surface area contributed by atoms with Crippen molar-refractivity contribution in [1.29, 1.82) is 0 Å². The summed E-state index contributed by atoms with van der Waals surface area (Å²) in [7, 11) is 0. The van der Waals surface area contributed by atoms with Gasteiger partial charge in [-0.1, -0.05) is 0 Å². The van der Waals surface area contributed by atoms with Crippen LogP contribution in [0.2, 0.25) is 0 Å². The third kappa shape index (κ3) is 6.87. The maximum atomic E-state index is 12.9. The number of benzene rings is 1. The molecule has 0 aliphatic heterocycles. The largest absolute Gasteiger partial charge is 0.379 e. The Hall–Kier alpha value is -1.13. The van der Waals surface area contributed by atoms with Crippen LogP contribution >= 0.6 is 0 Å². The predicted molar refractivity (Wildman–Crippen MR) is 82.9 cm³/mol. The van der Waals surface area contributed by atoms with Crippen molar-refractivity contribution in [1.82, 2.24) is 5.32 Å². The van der Waals surface area contributed by atoms with Crippen LogP contribution in [0.3, 0.4) is 0 Å². The fourth-order valence-corrected chi connectivity index (χ4v) is 1.98. The highest BCUT2D eigenvalue weighted by Crippen LogP contribution is 2.13. The van der Waals surface area contributed by atoms with Crippen molar-refractivity contribution in [3.63, 3.8) is 0 Å². The molecular weight excluding hydrogens is 255 g/mol. The first-order chi connectivity index (χ1) is 9.63. The average Bonchev–Trinajstić information content (AvgIpc) is 2.43. The number of hydrogen-bond acceptors (Lipinski definition) is 3. The molecule has 4 heteroatoms. The predicted octanol–water partition coefficient (Wildman–Crippen LogP) is 3.06. The first-order valence-electron chi connectivity index (χ1n) is 7.46. The van der Waals surface area contributed by atoms with Crippen molar-refractivity contribution in [3.05, 3.63) is 30.1 Å². The van der Waals surface area contributed by atoms with Gasteiger partial charge in [-0.3, -0.25) is 0 Å². The van der Waals surface area contributed by atoms with Crippen LogP contribution in [0.4, 0.5) is 10.1 Å². The first kappa shape index (κ1) is 16.9. The molecule has 0 saturated heterocycles. The van der Waals surface area contributed by atoms with E-state index in [1.807, 2.05) is 12.1 Å². The molecule has 0 fully saturated rings. The topological polar surface area (TPSA) is 24.5 Å². The van der Waals surface area contributed by atoms with E-state index in [0.29, 0.717) is 6.10 Å². The van der Waals surface area contributed by atoms with Gasteiger partial charge in [0, 0.05) is 31.9 Å². The molecule has 0 amide bonds. The molecule has 0 unspecified atom stereocenters. The quantitative estimate of drug-likeness (QED) is 0.668. The van der Waals surface area contributed by atoms with Gasteiger partial charge in [-0.15, -0.1) is 0 Å². The Morgan fingerprint density at radius 1 is 1.20 bits per heavy atom. The molecule has 20 heavy (non-hydrogen) atoms. The van der Waals surface area contributed by atoms with Gasteiger partial charge in [0.15, 0.2) is 0 Å². The number of nitrogens with one attached hydrogen (secondary N) is 1. The highest BCUT2D eigenvalue weighted by atomic mass is 19.1. The molecule has 0 aliphatic rings. The van der Waals surface area contributed by atoms with Crippen LogP contribution in [0.25, 0.3) is 0 Å². The van der Waals surface area contributed by atoms with E-state index in [0.717, 1.165) is 44.9 Å². The van der Waals surface area contributed by atoms with Crippen molar-refractivity contribution in [2.24, 2.45) is 0 Å². The van der Waals surface area contributed by atoms with Gasteiger partial charge < -0.3 is 15.0 Å². The Morgan fingerprint density at radius 3 is 2.50 bits per heavy atom. The molecule has 0 saturated carbocycles. The number of likely N-dealkylation sites (N-methyl/N-ethyl adjacent to an activating group) is 1. The second kappa shape index (κ2) is 9.72. The molecule has 0 spiro atoms. The zero-order valence-corrected chi connectivity index (χ0v) is 12.9. The summed E-state index contributed by atoms with van der Waals surface area (Å²) in [5.41, 5.74) is 1.07. The molecule has 3 nitrogen and oxygen atoms in total. The molecular formula is C16H27FN2O. The Bertz CT molecular complexity index is 354. The summed E-state index contributed by atoms with van der Waals surface area (Å²) in [6.07, 6.45) is 1.34. The molecule has 1 N–H and O–H groups in total. The zero-order valence-electron chi connectivity index (χ0n) is 12.9. The van der Waals surface area contributed by atoms with E-state index in [1.54, 1.807) is 0 Å². The van der Waals surface area contributed by atoms with Crippen molar-refractivity contribution >= 4 is 5.69 Å². The highest BCUT2D eigenvalue weighted by Gasteiger charge is 2.03. The third-order valence-electron chi connectivity index (χ3n) is 3.08. The van der Waals surface area contributed by atoms with Gasteiger partial charge in [0.05, 0.1) is 6.10 Å². The summed E-state index contributed by atoms with van der Waals surface area (Å²) in [6.45, 7) is 10.8. The lowest BCUT2D eigenvalue weighted by Gasteiger charge is -2.23. The van der Waals surface area contributed by atoms with Gasteiger partial charge in [0.1, 0.15) is 5.82 Å². The van der Waals surface area contributed by atoms with Crippen molar-refractivity contribution in [2.75, 3.05) is 37.7 Å². The molecule has 0 heterocycles. The fraction of sp³-hybridized carbons (Fsp3) is 0.625. The van der Waals surface area contributed by atoms with Crippen LogP contribution < -0.4 is 10.2 Å². The van der Waals surface area contributed by atoms with Crippen LogP contribution in [-0.4, -0.2) is 38.9 Å². The number of ether oxygens (including phenoxy) is 1. The number of hydrogen-bond donors (Lipinski definition) is 1. The molecule has 114 valence electrons. The summed E-state index contributed by atoms with van der Waals surface area (Å²) in [5.74, 6) is -0.187. The Balaban J connectivity index is 2.17. The van der Waals surface area contributed by atoms with Crippen molar-refractivity contribution < 1.29 is 9.13 Å². The van der Waals surface area contributed by atoms with Gasteiger partial charge in [-0.2, -0.15) is 0 Å². The molecule has 1 aromatic rings. The summed E-state index contributed by atoms with van der Waals surface area (Å²) < 4.78 is 18.4. The van der Waals surface area contributed by atoms with E-state index in [4.69, 9.17) is 4.74 Å². The van der Waals surface area contributed by atoms with E-state index < -0.39 is 0 Å². The van der Waals surface area contributed by atoms with Gasteiger partial charge in [0.25, 0.3) is 0 Å². The van der Waals surface area contributed by atoms with Crippen LogP contribution in [0, 0.1) is 5.82 Å². The number of halogens is 1. The maximum absolute atomic E-state index is 12.9. The van der Waals surface area contributed by atoms with Crippen molar-refractivity contribution in [2.45, 2.75) is 33.3 Å². The molecule has 0 atom stereocenters. The van der Waals surface area contributed by atoms with E-state index >= 15 is 0 Å². The summed E-state index contributed by atoms with van der Waals surface area (Å²) in [6, 6.07) is 6.67. The van der Waals surface area contributed by atoms with E-state index in [1.165, 1.54) is 12.1 Å². The maximum Gasteiger partial charge on any atom is 0.123 e. The second-order valence-electron chi connectivity index (χ2n) is 5.08. The Kier molecular flexibility index (Phi) is 8.23. The average molecular weight is 282 g/mol. The van der Waals surface area contributed by atoms with E-state index in [9.17, 15) is 4.39 Å². The smallest absolute Gasteiger partial charge is 0.123 e. The standard InChI is InChI=1S/C16H27FN2O/c1-4-19(16-8-6-15(17)7-9-16)12-11-18-10-5-13-20-14(2)3/h6-9,14,18H,4-5,10-13H2,1-3H3. The molecule has 1 rings (SSSR count). The molecule has 0 aromatic heterocycles. The van der Waals surface area contributed by atoms with Crippen LogP contribution in [0.5, 0.6) is 0 Å². The zero-order chi connectivity index (χ0) is 14.8. The van der Waals surface area contributed by atoms with Crippen LogP contribution in [-0.2, 0) is 4.74 Å². The molecule has 0 bridgehead atoms. The summed E-state index contributed by atoms with van der Waals surface area (Å²) in [5, 5.41) is 3.41. The number of nitrogens with zero attached hydrogens (tertiary/aromatic N) is 1. The molecule has 0 aliphatic carbocycles. The van der Waals surface area contributed by atoms with Gasteiger partial charge in [-0.25, -0.2) is 4.39 Å². The summed E-state index contributed by atoms with van der Waals surface area (Å²) in [4.78, 5) is 2.23. The Morgan fingerprint density at radius 2 is 1.90 bits per heavy atom. The lowest BCUT2D eigenvalue weighted by molar-refractivity contribution is 0.0771. The van der Waals surface area contributed by atoms with Crippen LogP contribution in [0.1, 0.15) is 27.2 Å². The monoisotopic (exact) mass is 282 g/mol. The van der Waals surface area contributed by atoms with Gasteiger partial charge >= 0.3 is 0 Å². The molecule has 1 aromatic carbocycles. The normalized spacial score (nSPS) is 11.1. The van der Waals surface area contributed by atoms with E-state index in [-0.39, 0.29) is 5.82 Å². The summed E-state index contributed by atoms with van der Waals surface area (Å²) >= 11 is 0. The van der Waals surface area contributed by atoms with Crippen LogP contribution in [0.15, 0.2) is 24.3 Å². The SMILES string of the molecule is CCN(CCNCCCOC(C)C)c1ccc(F)cc1. The lowest BCUT2D eigenvalue weighted by atomic mass is 10.2. The van der Waals surface area contributed by atoms with Gasteiger partial charge in [0.2, 0.25) is 0 Å². The minimum absolute atomic E-state index is 0.187. The number of anilines is 1.